The van der Waals surface area contributed by atoms with Crippen molar-refractivity contribution in [2.45, 2.75) is 13.3 Å². The molecule has 0 amide bonds. The van der Waals surface area contributed by atoms with Gasteiger partial charge in [-0.2, -0.15) is 0 Å². The van der Waals surface area contributed by atoms with E-state index >= 15 is 0 Å². The van der Waals surface area contributed by atoms with E-state index in [-0.39, 0.29) is 25.5 Å². The van der Waals surface area contributed by atoms with E-state index in [1.165, 1.54) is 0 Å². The molecule has 0 saturated heterocycles. The van der Waals surface area contributed by atoms with Crippen molar-refractivity contribution >= 4 is 11.4 Å². The minimum absolute atomic E-state index is 0. The van der Waals surface area contributed by atoms with Gasteiger partial charge in [-0.05, 0) is 6.42 Å². The summed E-state index contributed by atoms with van der Waals surface area (Å²) in [4.78, 5) is 0. The summed E-state index contributed by atoms with van der Waals surface area (Å²) in [5.74, 6) is 0. The number of hydrogen-bond donors (Lipinski definition) is 0. The molecule has 0 bridgehead atoms. The average molecular weight is 130 g/mol. The van der Waals surface area contributed by atoms with Gasteiger partial charge in [-0.15, -0.1) is 0 Å². The van der Waals surface area contributed by atoms with Crippen molar-refractivity contribution in [2.24, 2.45) is 0 Å². The summed E-state index contributed by atoms with van der Waals surface area (Å²) >= 11 is -2.32. The Labute approximate surface area is 63.5 Å². The van der Waals surface area contributed by atoms with E-state index < -0.39 is 11.4 Å². The fourth-order valence-electron chi connectivity index (χ4n) is 0.151. The van der Waals surface area contributed by atoms with Crippen LogP contribution in [0.3, 0.4) is 0 Å². The molecule has 0 rings (SSSR count). The summed E-state index contributed by atoms with van der Waals surface area (Å²) in [5.41, 5.74) is 0. The van der Waals surface area contributed by atoms with E-state index in [0.717, 1.165) is 6.42 Å². The summed E-state index contributed by atoms with van der Waals surface area (Å²) < 4.78 is 23.2. The Balaban J connectivity index is 0. The molecule has 0 aliphatic rings. The van der Waals surface area contributed by atoms with Gasteiger partial charge in [0.25, 0.3) is 0 Å². The largest absolute Gasteiger partial charge is 1.00 e. The molecule has 1 unspecified atom stereocenters. The first-order valence-electron chi connectivity index (χ1n) is 2.00. The van der Waals surface area contributed by atoms with Gasteiger partial charge >= 0.3 is 18.9 Å². The first-order valence-corrected chi connectivity index (χ1v) is 3.00. The van der Waals surface area contributed by atoms with Crippen LogP contribution in [0.1, 0.15) is 13.3 Å². The summed E-state index contributed by atoms with van der Waals surface area (Å²) in [6.45, 7) is 2.13. The second-order valence-electron chi connectivity index (χ2n) is 1.03. The Morgan fingerprint density at radius 1 is 1.75 bits per heavy atom. The topological polar surface area (TPSA) is 49.4 Å². The zero-order chi connectivity index (χ0) is 5.70. The third-order valence-electron chi connectivity index (χ3n) is 0.384. The van der Waals surface area contributed by atoms with Crippen molar-refractivity contribution < 1.29 is 31.8 Å². The van der Waals surface area contributed by atoms with Crippen LogP contribution in [0.5, 0.6) is 0 Å². The molecule has 0 N–H and O–H groups in total. The standard InChI is InChI=1S/C3H8O3S.Li/c1-2-3-6-7(4)5;/h2-3H2,1H3,(H,4,5);/q;+1/p-1. The summed E-state index contributed by atoms with van der Waals surface area (Å²) in [7, 11) is 0. The Bertz CT molecular complexity index is 67.5. The van der Waals surface area contributed by atoms with Crippen LogP contribution in [0.15, 0.2) is 0 Å². The molecule has 0 aromatic carbocycles. The van der Waals surface area contributed by atoms with Crippen molar-refractivity contribution in [1.29, 1.82) is 0 Å². The van der Waals surface area contributed by atoms with Crippen LogP contribution in [0.2, 0.25) is 0 Å². The van der Waals surface area contributed by atoms with Crippen LogP contribution in [0.4, 0.5) is 0 Å². The molecule has 3 nitrogen and oxygen atoms in total. The predicted molar refractivity (Wildman–Crippen MR) is 25.2 cm³/mol. The number of hydrogen-bond acceptors (Lipinski definition) is 3. The van der Waals surface area contributed by atoms with Crippen LogP contribution in [0, 0.1) is 0 Å². The van der Waals surface area contributed by atoms with Crippen LogP contribution in [0.25, 0.3) is 0 Å². The SMILES string of the molecule is CCCOS(=O)[O-].[Li+]. The van der Waals surface area contributed by atoms with Gasteiger partial charge in [-0.25, -0.2) is 4.21 Å². The normalized spacial score (nSPS) is 12.2. The third kappa shape index (κ3) is 9.83. The quantitative estimate of drug-likeness (QED) is 0.306. The molecule has 0 aromatic heterocycles. The van der Waals surface area contributed by atoms with Gasteiger partial charge in [-0.1, -0.05) is 6.92 Å². The van der Waals surface area contributed by atoms with Crippen molar-refractivity contribution in [3.8, 4) is 0 Å². The van der Waals surface area contributed by atoms with Gasteiger partial charge in [0, 0.05) is 0 Å². The molecule has 0 radical (unpaired) electrons. The van der Waals surface area contributed by atoms with Crippen molar-refractivity contribution in [3.05, 3.63) is 0 Å². The molecule has 0 aliphatic heterocycles. The van der Waals surface area contributed by atoms with Gasteiger partial charge < -0.3 is 8.74 Å². The van der Waals surface area contributed by atoms with Gasteiger partial charge in [0.05, 0.1) is 18.0 Å². The molecule has 0 saturated carbocycles. The van der Waals surface area contributed by atoms with Gasteiger partial charge in [-0.3, -0.25) is 0 Å². The maximum atomic E-state index is 9.54. The van der Waals surface area contributed by atoms with E-state index in [0.29, 0.717) is 0 Å². The predicted octanol–water partition coefficient (Wildman–Crippen LogP) is -2.79. The fraction of sp³-hybridized carbons (Fsp3) is 1.00. The first-order chi connectivity index (χ1) is 3.27. The van der Waals surface area contributed by atoms with Crippen molar-refractivity contribution in [1.82, 2.24) is 0 Å². The van der Waals surface area contributed by atoms with E-state index in [4.69, 9.17) is 0 Å². The summed E-state index contributed by atoms with van der Waals surface area (Å²) in [5, 5.41) is 0. The Morgan fingerprint density at radius 2 is 2.25 bits per heavy atom. The van der Waals surface area contributed by atoms with E-state index in [1.807, 2.05) is 6.92 Å². The average Bonchev–Trinajstić information content (AvgIpc) is 1.61. The molecule has 0 aliphatic carbocycles. The molecule has 0 fully saturated rings. The first kappa shape index (κ1) is 11.5. The molecular formula is C3H7LiO3S. The van der Waals surface area contributed by atoms with Crippen molar-refractivity contribution in [2.75, 3.05) is 6.61 Å². The minimum atomic E-state index is -2.32. The maximum Gasteiger partial charge on any atom is 1.00 e. The second-order valence-corrected chi connectivity index (χ2v) is 1.67. The summed E-state index contributed by atoms with van der Waals surface area (Å²) in [6, 6.07) is 0. The molecule has 5 heteroatoms. The summed E-state index contributed by atoms with van der Waals surface area (Å²) in [6.07, 6.45) is 0.730. The van der Waals surface area contributed by atoms with Gasteiger partial charge in [0.15, 0.2) is 0 Å². The van der Waals surface area contributed by atoms with Crippen LogP contribution >= 0.6 is 0 Å². The van der Waals surface area contributed by atoms with Gasteiger partial charge in [0.2, 0.25) is 0 Å². The molecule has 0 aromatic rings. The monoisotopic (exact) mass is 130 g/mol. The van der Waals surface area contributed by atoms with E-state index in [2.05, 4.69) is 4.18 Å². The molecule has 8 heavy (non-hydrogen) atoms. The molecule has 1 atom stereocenters. The third-order valence-corrected chi connectivity index (χ3v) is 0.743. The Kier molecular flexibility index (Phi) is 11.0. The molecular weight excluding hydrogens is 123 g/mol. The molecule has 0 spiro atoms. The van der Waals surface area contributed by atoms with Crippen LogP contribution < -0.4 is 18.9 Å². The smallest absolute Gasteiger partial charge is 0.750 e. The zero-order valence-electron chi connectivity index (χ0n) is 5.05. The van der Waals surface area contributed by atoms with Crippen LogP contribution in [-0.4, -0.2) is 15.4 Å². The Hall–Kier alpha value is 0.667. The Morgan fingerprint density at radius 3 is 2.38 bits per heavy atom. The van der Waals surface area contributed by atoms with E-state index in [1.54, 1.807) is 0 Å². The fourth-order valence-corrected chi connectivity index (χ4v) is 0.454. The van der Waals surface area contributed by atoms with E-state index in [9.17, 15) is 8.76 Å². The zero-order valence-corrected chi connectivity index (χ0v) is 5.86. The van der Waals surface area contributed by atoms with Gasteiger partial charge in [0.1, 0.15) is 0 Å². The second kappa shape index (κ2) is 7.67. The van der Waals surface area contributed by atoms with Crippen molar-refractivity contribution in [3.63, 3.8) is 0 Å². The minimum Gasteiger partial charge on any atom is -0.750 e. The molecule has 44 valence electrons. The molecule has 0 heterocycles. The van der Waals surface area contributed by atoms with Crippen LogP contribution in [-0.2, 0) is 15.5 Å². The number of rotatable bonds is 3. The maximum absolute atomic E-state index is 9.54.